The van der Waals surface area contributed by atoms with E-state index in [-0.39, 0.29) is 10.6 Å². The van der Waals surface area contributed by atoms with Crippen LogP contribution in [0.2, 0.25) is 0 Å². The topological polar surface area (TPSA) is 72.9 Å². The lowest BCUT2D eigenvalue weighted by Gasteiger charge is -2.28. The number of ether oxygens (including phenoxy) is 1. The van der Waals surface area contributed by atoms with Crippen molar-refractivity contribution in [2.75, 3.05) is 31.2 Å². The third-order valence-electron chi connectivity index (χ3n) is 5.37. The van der Waals surface area contributed by atoms with Crippen molar-refractivity contribution in [1.29, 1.82) is 0 Å². The van der Waals surface area contributed by atoms with Crippen molar-refractivity contribution in [3.8, 4) is 5.69 Å². The molecule has 4 rings (SSSR count). The van der Waals surface area contributed by atoms with E-state index in [4.69, 9.17) is 4.74 Å². The average Bonchev–Trinajstić information content (AvgIpc) is 3.06. The van der Waals surface area contributed by atoms with Gasteiger partial charge in [-0.05, 0) is 56.3 Å². The number of aryl methyl sites for hydroxylation is 1. The molecule has 7 nitrogen and oxygen atoms in total. The molecule has 1 saturated heterocycles. The van der Waals surface area contributed by atoms with Gasteiger partial charge in [0.2, 0.25) is 0 Å². The molecule has 0 radical (unpaired) electrons. The zero-order valence-electron chi connectivity index (χ0n) is 17.1. The molecule has 1 aliphatic rings. The lowest BCUT2D eigenvalue weighted by Crippen LogP contribution is -2.36. The highest BCUT2D eigenvalue weighted by Crippen LogP contribution is 2.24. The summed E-state index contributed by atoms with van der Waals surface area (Å²) >= 11 is 0. The summed E-state index contributed by atoms with van der Waals surface area (Å²) in [5.74, 6) is 0. The first kappa shape index (κ1) is 19.8. The number of nitrogens with zero attached hydrogens (tertiary/aromatic N) is 4. The van der Waals surface area contributed by atoms with Crippen LogP contribution in [0, 0.1) is 24.0 Å². The van der Waals surface area contributed by atoms with Crippen molar-refractivity contribution < 1.29 is 9.66 Å². The summed E-state index contributed by atoms with van der Waals surface area (Å²) in [5, 5.41) is 10.9. The largest absolute Gasteiger partial charge is 0.378 e. The van der Waals surface area contributed by atoms with Crippen LogP contribution < -0.4 is 4.90 Å². The molecule has 0 amide bonds. The van der Waals surface area contributed by atoms with Crippen molar-refractivity contribution in [2.45, 2.75) is 13.8 Å². The van der Waals surface area contributed by atoms with Gasteiger partial charge in [0.1, 0.15) is 0 Å². The molecular weight excluding hydrogens is 380 g/mol. The third-order valence-corrected chi connectivity index (χ3v) is 5.37. The number of rotatable bonds is 5. The first-order valence-corrected chi connectivity index (χ1v) is 9.93. The fraction of sp³-hybridized carbons (Fsp3) is 0.261. The Labute approximate surface area is 175 Å². The van der Waals surface area contributed by atoms with Crippen LogP contribution in [-0.2, 0) is 4.74 Å². The second kappa shape index (κ2) is 8.51. The highest BCUT2D eigenvalue weighted by atomic mass is 16.6. The van der Waals surface area contributed by atoms with Crippen LogP contribution in [0.3, 0.4) is 0 Å². The monoisotopic (exact) mass is 404 g/mol. The summed E-state index contributed by atoms with van der Waals surface area (Å²) in [7, 11) is 0. The van der Waals surface area contributed by atoms with E-state index in [0.717, 1.165) is 54.6 Å². The molecule has 30 heavy (non-hydrogen) atoms. The van der Waals surface area contributed by atoms with Gasteiger partial charge in [-0.1, -0.05) is 0 Å². The number of benzene rings is 2. The van der Waals surface area contributed by atoms with Gasteiger partial charge in [0.15, 0.2) is 0 Å². The van der Waals surface area contributed by atoms with Gasteiger partial charge in [0, 0.05) is 59.8 Å². The Morgan fingerprint density at radius 1 is 1.00 bits per heavy atom. The van der Waals surface area contributed by atoms with E-state index in [1.165, 1.54) is 17.8 Å². The fourth-order valence-corrected chi connectivity index (χ4v) is 3.75. The van der Waals surface area contributed by atoms with Crippen molar-refractivity contribution >= 4 is 23.3 Å². The Hall–Kier alpha value is -3.45. The number of nitro benzene ring substituents is 1. The molecule has 0 atom stereocenters. The van der Waals surface area contributed by atoms with Gasteiger partial charge in [-0.2, -0.15) is 0 Å². The molecule has 1 aromatic heterocycles. The zero-order valence-corrected chi connectivity index (χ0v) is 17.1. The highest BCUT2D eigenvalue weighted by molar-refractivity contribution is 5.84. The number of aromatic nitrogens is 1. The Balaban J connectivity index is 1.53. The summed E-state index contributed by atoms with van der Waals surface area (Å²) < 4.78 is 7.48. The van der Waals surface area contributed by atoms with Gasteiger partial charge >= 0.3 is 0 Å². The van der Waals surface area contributed by atoms with Crippen molar-refractivity contribution in [3.05, 3.63) is 81.7 Å². The number of hydrogen-bond donors (Lipinski definition) is 0. The van der Waals surface area contributed by atoms with E-state index >= 15 is 0 Å². The van der Waals surface area contributed by atoms with Crippen LogP contribution in [0.25, 0.3) is 5.69 Å². The maximum absolute atomic E-state index is 10.9. The van der Waals surface area contributed by atoms with Crippen LogP contribution in [0.15, 0.2) is 59.6 Å². The first-order chi connectivity index (χ1) is 14.5. The van der Waals surface area contributed by atoms with E-state index in [9.17, 15) is 10.1 Å². The number of aliphatic imine (C=N–C) groups is 1. The van der Waals surface area contributed by atoms with Crippen molar-refractivity contribution in [2.24, 2.45) is 4.99 Å². The second-order valence-electron chi connectivity index (χ2n) is 7.31. The second-order valence-corrected chi connectivity index (χ2v) is 7.31. The standard InChI is InChI=1S/C23H24N4O3/c1-17-15-19(18(2)26(17)22-7-9-23(10-8-22)27(28)29)16-24-20-3-5-21(6-4-20)25-11-13-30-14-12-25/h3-10,15-16H,11-14H2,1-2H3. The maximum atomic E-state index is 10.9. The minimum Gasteiger partial charge on any atom is -0.378 e. The minimum atomic E-state index is -0.387. The van der Waals surface area contributed by atoms with E-state index in [1.807, 2.05) is 32.2 Å². The molecule has 0 aliphatic carbocycles. The Morgan fingerprint density at radius 2 is 1.63 bits per heavy atom. The number of nitro groups is 1. The minimum absolute atomic E-state index is 0.0866. The molecular formula is C23H24N4O3. The number of anilines is 1. The number of non-ortho nitro benzene ring substituents is 1. The van der Waals surface area contributed by atoms with E-state index in [1.54, 1.807) is 12.1 Å². The van der Waals surface area contributed by atoms with Crippen LogP contribution in [0.4, 0.5) is 17.1 Å². The van der Waals surface area contributed by atoms with Crippen LogP contribution in [-0.4, -0.2) is 42.0 Å². The Kier molecular flexibility index (Phi) is 5.63. The summed E-state index contributed by atoms with van der Waals surface area (Å²) in [4.78, 5) is 17.5. The average molecular weight is 404 g/mol. The fourth-order valence-electron chi connectivity index (χ4n) is 3.75. The number of morpholine rings is 1. The lowest BCUT2D eigenvalue weighted by molar-refractivity contribution is -0.384. The van der Waals surface area contributed by atoms with Crippen molar-refractivity contribution in [3.63, 3.8) is 0 Å². The summed E-state index contributed by atoms with van der Waals surface area (Å²) in [5.41, 5.74) is 6.16. The van der Waals surface area contributed by atoms with Gasteiger partial charge in [-0.3, -0.25) is 15.1 Å². The smallest absolute Gasteiger partial charge is 0.269 e. The Morgan fingerprint density at radius 3 is 2.27 bits per heavy atom. The Bertz CT molecular complexity index is 1060. The molecule has 0 N–H and O–H groups in total. The zero-order chi connectivity index (χ0) is 21.1. The molecule has 1 fully saturated rings. The van der Waals surface area contributed by atoms with Gasteiger partial charge < -0.3 is 14.2 Å². The van der Waals surface area contributed by atoms with Crippen LogP contribution >= 0.6 is 0 Å². The van der Waals surface area contributed by atoms with Crippen LogP contribution in [0.1, 0.15) is 17.0 Å². The SMILES string of the molecule is Cc1cc(C=Nc2ccc(N3CCOCC3)cc2)c(C)n1-c1ccc([N+](=O)[O-])cc1. The van der Waals surface area contributed by atoms with Gasteiger partial charge in [0.05, 0.1) is 23.8 Å². The van der Waals surface area contributed by atoms with E-state index in [2.05, 4.69) is 32.7 Å². The predicted molar refractivity (Wildman–Crippen MR) is 119 cm³/mol. The summed E-state index contributed by atoms with van der Waals surface area (Å²) in [6.45, 7) is 7.41. The maximum Gasteiger partial charge on any atom is 0.269 e. The molecule has 0 unspecified atom stereocenters. The molecule has 154 valence electrons. The highest BCUT2D eigenvalue weighted by Gasteiger charge is 2.12. The van der Waals surface area contributed by atoms with E-state index < -0.39 is 0 Å². The normalized spacial score (nSPS) is 14.4. The van der Waals surface area contributed by atoms with Crippen molar-refractivity contribution in [1.82, 2.24) is 4.57 Å². The third kappa shape index (κ3) is 4.11. The van der Waals surface area contributed by atoms with Crippen LogP contribution in [0.5, 0.6) is 0 Å². The summed E-state index contributed by atoms with van der Waals surface area (Å²) in [6.07, 6.45) is 1.87. The molecule has 0 spiro atoms. The lowest BCUT2D eigenvalue weighted by atomic mass is 10.2. The van der Waals surface area contributed by atoms with Gasteiger partial charge in [0.25, 0.3) is 5.69 Å². The predicted octanol–water partition coefficient (Wildman–Crippen LogP) is 4.59. The summed E-state index contributed by atoms with van der Waals surface area (Å²) in [6, 6.07) is 16.9. The van der Waals surface area contributed by atoms with E-state index in [0.29, 0.717) is 0 Å². The van der Waals surface area contributed by atoms with Gasteiger partial charge in [-0.15, -0.1) is 0 Å². The first-order valence-electron chi connectivity index (χ1n) is 9.93. The molecule has 2 heterocycles. The molecule has 2 aromatic carbocycles. The molecule has 0 saturated carbocycles. The molecule has 7 heteroatoms. The molecule has 0 bridgehead atoms. The molecule has 3 aromatic rings. The van der Waals surface area contributed by atoms with Gasteiger partial charge in [-0.25, -0.2) is 0 Å². The number of hydrogen-bond acceptors (Lipinski definition) is 5. The molecule has 1 aliphatic heterocycles. The quantitative estimate of drug-likeness (QED) is 0.354.